The van der Waals surface area contributed by atoms with E-state index in [1.54, 1.807) is 12.1 Å². The minimum absolute atomic E-state index is 0.0352. The van der Waals surface area contributed by atoms with Gasteiger partial charge in [0, 0.05) is 16.6 Å². The van der Waals surface area contributed by atoms with E-state index in [4.69, 9.17) is 9.26 Å². The van der Waals surface area contributed by atoms with E-state index in [0.717, 1.165) is 6.42 Å². The van der Waals surface area contributed by atoms with Gasteiger partial charge in [-0.3, -0.25) is 0 Å². The standard InChI is InChI=1S/C14H12BrFN2O2/c1-2-12-10(5-6-19-12)14-17-13(18-20-14)9-4-3-8(16)7-11(9)15/h2-4,7,10,12H,1,5-6H2/t10-,12+/m1/s1. The van der Waals surface area contributed by atoms with Crippen LogP contribution in [0.15, 0.2) is 39.8 Å². The van der Waals surface area contributed by atoms with E-state index in [2.05, 4.69) is 32.6 Å². The Hall–Kier alpha value is -1.53. The van der Waals surface area contributed by atoms with E-state index in [-0.39, 0.29) is 17.8 Å². The quantitative estimate of drug-likeness (QED) is 0.800. The molecule has 0 radical (unpaired) electrons. The highest BCUT2D eigenvalue weighted by Gasteiger charge is 2.32. The Morgan fingerprint density at radius 1 is 1.45 bits per heavy atom. The molecular formula is C14H12BrFN2O2. The first-order valence-corrected chi connectivity index (χ1v) is 7.01. The lowest BCUT2D eigenvalue weighted by Crippen LogP contribution is -2.10. The molecule has 1 aromatic carbocycles. The van der Waals surface area contributed by atoms with Crippen LogP contribution in [-0.2, 0) is 4.74 Å². The first-order valence-electron chi connectivity index (χ1n) is 6.22. The predicted octanol–water partition coefficient (Wildman–Crippen LogP) is 3.70. The van der Waals surface area contributed by atoms with Gasteiger partial charge < -0.3 is 9.26 Å². The Balaban J connectivity index is 1.92. The van der Waals surface area contributed by atoms with Crippen molar-refractivity contribution in [2.75, 3.05) is 6.61 Å². The predicted molar refractivity (Wildman–Crippen MR) is 74.7 cm³/mol. The maximum atomic E-state index is 13.1. The number of hydrogen-bond donors (Lipinski definition) is 0. The van der Waals surface area contributed by atoms with Crippen molar-refractivity contribution < 1.29 is 13.7 Å². The summed E-state index contributed by atoms with van der Waals surface area (Å²) in [6.45, 7) is 4.40. The van der Waals surface area contributed by atoms with Crippen molar-refractivity contribution in [3.05, 3.63) is 47.0 Å². The average molecular weight is 339 g/mol. The van der Waals surface area contributed by atoms with Gasteiger partial charge in [-0.1, -0.05) is 11.2 Å². The summed E-state index contributed by atoms with van der Waals surface area (Å²) in [7, 11) is 0. The molecule has 0 spiro atoms. The highest BCUT2D eigenvalue weighted by molar-refractivity contribution is 9.10. The third kappa shape index (κ3) is 2.41. The first-order chi connectivity index (χ1) is 9.69. The Morgan fingerprint density at radius 3 is 3.05 bits per heavy atom. The molecule has 1 saturated heterocycles. The summed E-state index contributed by atoms with van der Waals surface area (Å²) in [5.74, 6) is 0.674. The molecule has 6 heteroatoms. The molecule has 2 atom stereocenters. The molecule has 1 aliphatic rings. The van der Waals surface area contributed by atoms with E-state index in [1.165, 1.54) is 12.1 Å². The highest BCUT2D eigenvalue weighted by atomic mass is 79.9. The van der Waals surface area contributed by atoms with Gasteiger partial charge in [-0.15, -0.1) is 6.58 Å². The monoisotopic (exact) mass is 338 g/mol. The van der Waals surface area contributed by atoms with Crippen LogP contribution in [0.25, 0.3) is 11.4 Å². The van der Waals surface area contributed by atoms with E-state index < -0.39 is 0 Å². The van der Waals surface area contributed by atoms with Crippen LogP contribution in [0.2, 0.25) is 0 Å². The van der Waals surface area contributed by atoms with Gasteiger partial charge in [-0.25, -0.2) is 4.39 Å². The number of benzene rings is 1. The Morgan fingerprint density at radius 2 is 2.30 bits per heavy atom. The molecule has 0 aliphatic carbocycles. The largest absolute Gasteiger partial charge is 0.373 e. The zero-order valence-corrected chi connectivity index (χ0v) is 12.1. The molecule has 0 N–H and O–H groups in total. The molecule has 1 aromatic heterocycles. The second-order valence-electron chi connectivity index (χ2n) is 4.55. The highest BCUT2D eigenvalue weighted by Crippen LogP contribution is 2.33. The maximum Gasteiger partial charge on any atom is 0.233 e. The first kappa shape index (κ1) is 13.5. The van der Waals surface area contributed by atoms with Gasteiger partial charge in [-0.2, -0.15) is 4.98 Å². The summed E-state index contributed by atoms with van der Waals surface area (Å²) in [4.78, 5) is 4.39. The van der Waals surface area contributed by atoms with Crippen LogP contribution in [0.1, 0.15) is 18.2 Å². The smallest absolute Gasteiger partial charge is 0.233 e. The minimum Gasteiger partial charge on any atom is -0.373 e. The van der Waals surface area contributed by atoms with Crippen LogP contribution < -0.4 is 0 Å². The van der Waals surface area contributed by atoms with Gasteiger partial charge in [0.15, 0.2) is 0 Å². The number of rotatable bonds is 3. The van der Waals surface area contributed by atoms with Crippen molar-refractivity contribution in [3.63, 3.8) is 0 Å². The Bertz CT molecular complexity index is 644. The Kier molecular flexibility index (Phi) is 3.67. The van der Waals surface area contributed by atoms with E-state index in [0.29, 0.717) is 28.4 Å². The van der Waals surface area contributed by atoms with E-state index in [1.807, 2.05) is 0 Å². The molecule has 2 heterocycles. The zero-order chi connectivity index (χ0) is 14.1. The fourth-order valence-electron chi connectivity index (χ4n) is 2.27. The Labute approximate surface area is 123 Å². The van der Waals surface area contributed by atoms with Crippen LogP contribution >= 0.6 is 15.9 Å². The van der Waals surface area contributed by atoms with Gasteiger partial charge in [0.2, 0.25) is 11.7 Å². The van der Waals surface area contributed by atoms with Gasteiger partial charge in [0.1, 0.15) is 5.82 Å². The number of hydrogen-bond acceptors (Lipinski definition) is 4. The molecule has 3 rings (SSSR count). The van der Waals surface area contributed by atoms with Crippen molar-refractivity contribution in [2.45, 2.75) is 18.4 Å². The van der Waals surface area contributed by atoms with Crippen LogP contribution in [0, 0.1) is 5.82 Å². The molecule has 20 heavy (non-hydrogen) atoms. The van der Waals surface area contributed by atoms with Crippen LogP contribution in [0.4, 0.5) is 4.39 Å². The molecule has 0 bridgehead atoms. The molecule has 1 fully saturated rings. The molecule has 0 amide bonds. The average Bonchev–Trinajstić information content (AvgIpc) is 3.06. The van der Waals surface area contributed by atoms with Crippen molar-refractivity contribution >= 4 is 15.9 Å². The molecule has 4 nitrogen and oxygen atoms in total. The summed E-state index contributed by atoms with van der Waals surface area (Å²) in [6, 6.07) is 4.35. The molecule has 2 aromatic rings. The molecule has 0 unspecified atom stereocenters. The second kappa shape index (κ2) is 5.46. The number of ether oxygens (including phenoxy) is 1. The lowest BCUT2D eigenvalue weighted by Gasteiger charge is -2.08. The van der Waals surface area contributed by atoms with Crippen LogP contribution in [0.5, 0.6) is 0 Å². The lowest BCUT2D eigenvalue weighted by atomic mass is 10.0. The summed E-state index contributed by atoms with van der Waals surface area (Å²) >= 11 is 3.30. The van der Waals surface area contributed by atoms with Gasteiger partial charge in [-0.05, 0) is 40.5 Å². The van der Waals surface area contributed by atoms with Gasteiger partial charge in [0.25, 0.3) is 0 Å². The number of nitrogens with zero attached hydrogens (tertiary/aromatic N) is 2. The van der Waals surface area contributed by atoms with Gasteiger partial charge in [0.05, 0.1) is 12.0 Å². The van der Waals surface area contributed by atoms with Crippen molar-refractivity contribution in [2.24, 2.45) is 0 Å². The molecule has 1 aliphatic heterocycles. The summed E-state index contributed by atoms with van der Waals surface area (Å²) in [5.41, 5.74) is 0.690. The van der Waals surface area contributed by atoms with Crippen molar-refractivity contribution in [1.29, 1.82) is 0 Å². The topological polar surface area (TPSA) is 48.2 Å². The van der Waals surface area contributed by atoms with Crippen molar-refractivity contribution in [1.82, 2.24) is 10.1 Å². The molecule has 0 saturated carbocycles. The minimum atomic E-state index is -0.319. The van der Waals surface area contributed by atoms with Crippen LogP contribution in [-0.4, -0.2) is 22.9 Å². The second-order valence-corrected chi connectivity index (χ2v) is 5.40. The zero-order valence-electron chi connectivity index (χ0n) is 10.6. The van der Waals surface area contributed by atoms with Crippen LogP contribution in [0.3, 0.4) is 0 Å². The van der Waals surface area contributed by atoms with E-state index >= 15 is 0 Å². The van der Waals surface area contributed by atoms with Crippen molar-refractivity contribution in [3.8, 4) is 11.4 Å². The summed E-state index contributed by atoms with van der Waals surface area (Å²) < 4.78 is 24.5. The number of aromatic nitrogens is 2. The third-order valence-electron chi connectivity index (χ3n) is 3.30. The molecular weight excluding hydrogens is 327 g/mol. The van der Waals surface area contributed by atoms with E-state index in [9.17, 15) is 4.39 Å². The maximum absolute atomic E-state index is 13.1. The normalized spacial score (nSPS) is 22.1. The number of halogens is 2. The summed E-state index contributed by atoms with van der Waals surface area (Å²) in [5, 5.41) is 3.96. The fourth-order valence-corrected chi connectivity index (χ4v) is 2.80. The van der Waals surface area contributed by atoms with Gasteiger partial charge >= 0.3 is 0 Å². The molecule has 104 valence electrons. The third-order valence-corrected chi connectivity index (χ3v) is 3.96. The fraction of sp³-hybridized carbons (Fsp3) is 0.286. The summed E-state index contributed by atoms with van der Waals surface area (Å²) in [6.07, 6.45) is 2.47. The lowest BCUT2D eigenvalue weighted by molar-refractivity contribution is 0.134. The SMILES string of the molecule is C=C[C@@H]1OCC[C@H]1c1nc(-c2ccc(F)cc2Br)no1.